The van der Waals surface area contributed by atoms with Gasteiger partial charge in [-0.2, -0.15) is 0 Å². The van der Waals surface area contributed by atoms with Gasteiger partial charge in [-0.15, -0.1) is 0 Å². The Kier molecular flexibility index (Phi) is 5.16. The summed E-state index contributed by atoms with van der Waals surface area (Å²) in [6.07, 6.45) is 0.555. The average molecular weight is 342 g/mol. The summed E-state index contributed by atoms with van der Waals surface area (Å²) in [4.78, 5) is 16.2. The summed E-state index contributed by atoms with van der Waals surface area (Å²) < 4.78 is 13.0. The minimum atomic E-state index is -0.917. The van der Waals surface area contributed by atoms with Crippen LogP contribution in [0, 0.1) is 5.82 Å². The van der Waals surface area contributed by atoms with Crippen LogP contribution in [0.2, 0.25) is 0 Å². The second-order valence-electron chi connectivity index (χ2n) is 6.87. The summed E-state index contributed by atoms with van der Waals surface area (Å²) in [6, 6.07) is 15.5. The van der Waals surface area contributed by atoms with E-state index in [-0.39, 0.29) is 11.7 Å². The summed E-state index contributed by atoms with van der Waals surface area (Å²) in [5.74, 6) is -0.298. The van der Waals surface area contributed by atoms with Crippen LogP contribution in [-0.2, 0) is 6.54 Å². The topological polar surface area (TPSA) is 43.8 Å². The third kappa shape index (κ3) is 4.44. The van der Waals surface area contributed by atoms with E-state index in [0.717, 1.165) is 5.56 Å². The molecule has 2 aromatic carbocycles. The van der Waals surface area contributed by atoms with Gasteiger partial charge in [-0.05, 0) is 43.3 Å². The number of halogens is 1. The molecule has 1 aliphatic heterocycles. The van der Waals surface area contributed by atoms with Crippen LogP contribution in [0.4, 0.5) is 4.39 Å². The maximum atomic E-state index is 13.0. The highest BCUT2D eigenvalue weighted by atomic mass is 19.1. The van der Waals surface area contributed by atoms with Crippen LogP contribution >= 0.6 is 0 Å². The van der Waals surface area contributed by atoms with Crippen molar-refractivity contribution in [1.82, 2.24) is 9.80 Å². The number of benzene rings is 2. The lowest BCUT2D eigenvalue weighted by atomic mass is 10.0. The van der Waals surface area contributed by atoms with E-state index in [9.17, 15) is 14.3 Å². The van der Waals surface area contributed by atoms with Crippen LogP contribution in [0.15, 0.2) is 54.6 Å². The van der Waals surface area contributed by atoms with Crippen molar-refractivity contribution in [2.75, 3.05) is 26.7 Å². The molecule has 0 saturated carbocycles. The first kappa shape index (κ1) is 17.6. The van der Waals surface area contributed by atoms with Crippen molar-refractivity contribution in [2.24, 2.45) is 0 Å². The second kappa shape index (κ2) is 7.33. The molecule has 5 heteroatoms. The van der Waals surface area contributed by atoms with Crippen LogP contribution in [-0.4, -0.2) is 53.1 Å². The number of carbonyl (C=O) groups is 1. The molecule has 1 saturated heterocycles. The molecule has 0 bridgehead atoms. The first-order chi connectivity index (χ1) is 12.0. The minimum absolute atomic E-state index is 0.0438. The molecule has 4 nitrogen and oxygen atoms in total. The summed E-state index contributed by atoms with van der Waals surface area (Å²) >= 11 is 0. The van der Waals surface area contributed by atoms with E-state index < -0.39 is 5.60 Å². The minimum Gasteiger partial charge on any atom is -0.387 e. The van der Waals surface area contributed by atoms with Crippen LogP contribution in [0.1, 0.15) is 22.3 Å². The molecule has 0 aromatic heterocycles. The van der Waals surface area contributed by atoms with Gasteiger partial charge in [0.25, 0.3) is 5.91 Å². The molecule has 0 unspecified atom stereocenters. The molecule has 132 valence electrons. The highest BCUT2D eigenvalue weighted by Gasteiger charge is 2.39. The number of carbonyl (C=O) groups excluding carboxylic acids is 1. The van der Waals surface area contributed by atoms with E-state index >= 15 is 0 Å². The zero-order chi connectivity index (χ0) is 17.9. The first-order valence-electron chi connectivity index (χ1n) is 8.45. The Bertz CT molecular complexity index is 720. The lowest BCUT2D eigenvalue weighted by molar-refractivity contribution is 0.0163. The van der Waals surface area contributed by atoms with Crippen LogP contribution in [0.5, 0.6) is 0 Å². The van der Waals surface area contributed by atoms with Crippen molar-refractivity contribution in [2.45, 2.75) is 18.6 Å². The molecular formula is C20H23FN2O2. The van der Waals surface area contributed by atoms with Crippen LogP contribution in [0.25, 0.3) is 0 Å². The predicted molar refractivity (Wildman–Crippen MR) is 94.6 cm³/mol. The number of nitrogens with zero attached hydrogens (tertiary/aromatic N) is 2. The van der Waals surface area contributed by atoms with E-state index in [4.69, 9.17) is 0 Å². The fourth-order valence-corrected chi connectivity index (χ4v) is 3.38. The highest BCUT2D eigenvalue weighted by molar-refractivity contribution is 5.94. The van der Waals surface area contributed by atoms with Crippen molar-refractivity contribution >= 4 is 5.91 Å². The number of amides is 1. The van der Waals surface area contributed by atoms with Gasteiger partial charge in [0, 0.05) is 25.2 Å². The predicted octanol–water partition coefficient (Wildman–Crippen LogP) is 2.53. The maximum Gasteiger partial charge on any atom is 0.253 e. The summed E-state index contributed by atoms with van der Waals surface area (Å²) in [7, 11) is 1.92. The number of β-amino-alcohol motifs (C(OH)–C–C–N with tert-alkyl or cyclic N) is 1. The first-order valence-corrected chi connectivity index (χ1v) is 8.45. The third-order valence-corrected chi connectivity index (χ3v) is 4.57. The number of likely N-dealkylation sites (N-methyl/N-ethyl adjacent to an activating group) is 1. The Morgan fingerprint density at radius 3 is 2.56 bits per heavy atom. The molecule has 2 aromatic rings. The number of hydrogen-bond donors (Lipinski definition) is 1. The molecule has 0 aliphatic carbocycles. The summed E-state index contributed by atoms with van der Waals surface area (Å²) in [6.45, 7) is 1.96. The molecule has 1 heterocycles. The summed E-state index contributed by atoms with van der Waals surface area (Å²) in [5.41, 5.74) is 0.716. The highest BCUT2D eigenvalue weighted by Crippen LogP contribution is 2.24. The van der Waals surface area contributed by atoms with Crippen LogP contribution in [0.3, 0.4) is 0 Å². The van der Waals surface area contributed by atoms with Crippen molar-refractivity contribution in [1.29, 1.82) is 0 Å². The zero-order valence-electron chi connectivity index (χ0n) is 14.4. The van der Waals surface area contributed by atoms with Gasteiger partial charge in [-0.1, -0.05) is 30.3 Å². The quantitative estimate of drug-likeness (QED) is 0.908. The molecular weight excluding hydrogens is 319 g/mol. The fourth-order valence-electron chi connectivity index (χ4n) is 3.38. The molecule has 0 spiro atoms. The lowest BCUT2D eigenvalue weighted by Crippen LogP contribution is -2.44. The maximum absolute atomic E-state index is 13.0. The molecule has 1 aliphatic rings. The van der Waals surface area contributed by atoms with Gasteiger partial charge >= 0.3 is 0 Å². The third-order valence-electron chi connectivity index (χ3n) is 4.57. The average Bonchev–Trinajstić information content (AvgIpc) is 2.98. The largest absolute Gasteiger partial charge is 0.387 e. The van der Waals surface area contributed by atoms with Gasteiger partial charge < -0.3 is 10.0 Å². The van der Waals surface area contributed by atoms with Gasteiger partial charge in [0.05, 0.1) is 12.1 Å². The van der Waals surface area contributed by atoms with Crippen molar-refractivity contribution in [3.05, 3.63) is 71.5 Å². The Morgan fingerprint density at radius 1 is 1.20 bits per heavy atom. The van der Waals surface area contributed by atoms with Gasteiger partial charge in [-0.3, -0.25) is 9.69 Å². The number of rotatable bonds is 5. The Hall–Kier alpha value is -2.24. The van der Waals surface area contributed by atoms with E-state index in [1.54, 1.807) is 29.2 Å². The van der Waals surface area contributed by atoms with Crippen molar-refractivity contribution in [3.8, 4) is 0 Å². The molecule has 3 rings (SSSR count). The molecule has 0 radical (unpaired) electrons. The van der Waals surface area contributed by atoms with Gasteiger partial charge in [-0.25, -0.2) is 4.39 Å². The van der Waals surface area contributed by atoms with Crippen molar-refractivity contribution < 1.29 is 14.3 Å². The standard InChI is InChI=1S/C20H23FN2O2/c1-22(13-16-7-9-18(21)10-8-16)14-20(25)11-12-23(15-20)19(24)17-5-3-2-4-6-17/h2-10,25H,11-15H2,1H3/t20-/m1/s1. The second-order valence-corrected chi connectivity index (χ2v) is 6.87. The van der Waals surface area contributed by atoms with Gasteiger partial charge in [0.1, 0.15) is 5.82 Å². The molecule has 1 fully saturated rings. The van der Waals surface area contributed by atoms with Crippen molar-refractivity contribution in [3.63, 3.8) is 0 Å². The molecule has 1 atom stereocenters. The zero-order valence-corrected chi connectivity index (χ0v) is 14.4. The van der Waals surface area contributed by atoms with E-state index in [1.165, 1.54) is 12.1 Å². The monoisotopic (exact) mass is 342 g/mol. The fraction of sp³-hybridized carbons (Fsp3) is 0.350. The normalized spacial score (nSPS) is 20.2. The molecule has 1 amide bonds. The molecule has 25 heavy (non-hydrogen) atoms. The van der Waals surface area contributed by atoms with Gasteiger partial charge in [0.15, 0.2) is 0 Å². The Labute approximate surface area is 147 Å². The number of aliphatic hydroxyl groups is 1. The van der Waals surface area contributed by atoms with Crippen LogP contribution < -0.4 is 0 Å². The van der Waals surface area contributed by atoms with Gasteiger partial charge in [0.2, 0.25) is 0 Å². The van der Waals surface area contributed by atoms with E-state index in [0.29, 0.717) is 38.2 Å². The summed E-state index contributed by atoms with van der Waals surface area (Å²) in [5, 5.41) is 10.9. The number of likely N-dealkylation sites (tertiary alicyclic amines) is 1. The Balaban J connectivity index is 1.57. The van der Waals surface area contributed by atoms with E-state index in [1.807, 2.05) is 30.1 Å². The van der Waals surface area contributed by atoms with E-state index in [2.05, 4.69) is 0 Å². The number of hydrogen-bond acceptors (Lipinski definition) is 3. The lowest BCUT2D eigenvalue weighted by Gasteiger charge is -2.29. The Morgan fingerprint density at radius 2 is 1.88 bits per heavy atom. The SMILES string of the molecule is CN(Cc1ccc(F)cc1)C[C@]1(O)CCN(C(=O)c2ccccc2)C1. The molecule has 1 N–H and O–H groups in total. The smallest absolute Gasteiger partial charge is 0.253 e.